The SMILES string of the molecule is Cc1ccc2c(ccc3c4cc[c-]c(-c5ccccn5)c4oc23)n1.Cc1cnc(-c2[c-]cc(C)c(-c3ccc(CC(C)(C)C)cc3)c2)cc1C.[Ir]. The summed E-state index contributed by atoms with van der Waals surface area (Å²) in [6.45, 7) is 15.2. The summed E-state index contributed by atoms with van der Waals surface area (Å²) in [6, 6.07) is 40.1. The van der Waals surface area contributed by atoms with E-state index in [2.05, 4.69) is 129 Å². The Morgan fingerprint density at radius 1 is 0.686 bits per heavy atom. The fourth-order valence-corrected chi connectivity index (χ4v) is 6.41. The van der Waals surface area contributed by atoms with Crippen LogP contribution in [0.2, 0.25) is 0 Å². The Hall–Kier alpha value is -4.96. The molecule has 0 aliphatic heterocycles. The van der Waals surface area contributed by atoms with Crippen molar-refractivity contribution in [1.29, 1.82) is 0 Å². The van der Waals surface area contributed by atoms with Crippen LogP contribution in [0.1, 0.15) is 48.7 Å². The maximum absolute atomic E-state index is 6.28. The van der Waals surface area contributed by atoms with Crippen LogP contribution in [0.3, 0.4) is 0 Å². The quantitative estimate of drug-likeness (QED) is 0.166. The van der Waals surface area contributed by atoms with Gasteiger partial charge in [-0.1, -0.05) is 92.2 Å². The van der Waals surface area contributed by atoms with E-state index in [1.54, 1.807) is 6.20 Å². The van der Waals surface area contributed by atoms with E-state index >= 15 is 0 Å². The largest absolute Gasteiger partial charge is 0.500 e. The van der Waals surface area contributed by atoms with Gasteiger partial charge >= 0.3 is 0 Å². The Labute approximate surface area is 314 Å². The van der Waals surface area contributed by atoms with E-state index in [9.17, 15) is 0 Å². The molecule has 4 nitrogen and oxygen atoms in total. The van der Waals surface area contributed by atoms with Crippen molar-refractivity contribution in [3.05, 3.63) is 150 Å². The number of pyridine rings is 3. The Kier molecular flexibility index (Phi) is 10.3. The molecule has 0 atom stereocenters. The van der Waals surface area contributed by atoms with Crippen LogP contribution in [0.15, 0.2) is 114 Å². The molecule has 4 heterocycles. The number of fused-ring (bicyclic) bond motifs is 5. The third-order valence-electron chi connectivity index (χ3n) is 9.13. The molecule has 0 unspecified atom stereocenters. The van der Waals surface area contributed by atoms with E-state index in [-0.39, 0.29) is 20.1 Å². The number of furan rings is 1. The van der Waals surface area contributed by atoms with E-state index < -0.39 is 0 Å². The molecule has 257 valence electrons. The molecular formula is C46H41IrN3O-2. The number of hydrogen-bond acceptors (Lipinski definition) is 4. The molecule has 0 bridgehead atoms. The van der Waals surface area contributed by atoms with Crippen LogP contribution in [0, 0.1) is 45.2 Å². The first-order valence-corrected chi connectivity index (χ1v) is 17.1. The second-order valence-electron chi connectivity index (χ2n) is 14.4. The van der Waals surface area contributed by atoms with Crippen molar-refractivity contribution in [2.75, 3.05) is 0 Å². The summed E-state index contributed by atoms with van der Waals surface area (Å²) in [5.41, 5.74) is 15.3. The van der Waals surface area contributed by atoms with E-state index in [0.29, 0.717) is 5.41 Å². The Morgan fingerprint density at radius 3 is 2.18 bits per heavy atom. The van der Waals surface area contributed by atoms with Crippen molar-refractivity contribution in [1.82, 2.24) is 15.0 Å². The van der Waals surface area contributed by atoms with Crippen molar-refractivity contribution >= 4 is 32.8 Å². The fourth-order valence-electron chi connectivity index (χ4n) is 6.41. The predicted octanol–water partition coefficient (Wildman–Crippen LogP) is 12.0. The smallest absolute Gasteiger partial charge is 0.130 e. The van der Waals surface area contributed by atoms with Gasteiger partial charge in [0.25, 0.3) is 0 Å². The average molecular weight is 844 g/mol. The van der Waals surface area contributed by atoms with Crippen molar-refractivity contribution in [3.8, 4) is 33.6 Å². The van der Waals surface area contributed by atoms with Gasteiger partial charge in [-0.05, 0) is 91.0 Å². The second kappa shape index (κ2) is 14.7. The molecule has 8 rings (SSSR count). The third-order valence-corrected chi connectivity index (χ3v) is 9.13. The summed E-state index contributed by atoms with van der Waals surface area (Å²) in [6.07, 6.45) is 4.82. The van der Waals surface area contributed by atoms with Gasteiger partial charge in [0.15, 0.2) is 0 Å². The van der Waals surface area contributed by atoms with Crippen LogP contribution in [-0.4, -0.2) is 15.0 Å². The molecule has 0 aliphatic rings. The Bertz CT molecular complexity index is 2480. The minimum absolute atomic E-state index is 0. The molecule has 0 amide bonds. The number of hydrogen-bond donors (Lipinski definition) is 0. The van der Waals surface area contributed by atoms with E-state index in [1.807, 2.05) is 49.5 Å². The molecular weight excluding hydrogens is 803 g/mol. The van der Waals surface area contributed by atoms with E-state index in [1.165, 1.54) is 33.4 Å². The van der Waals surface area contributed by atoms with Crippen LogP contribution in [-0.2, 0) is 26.5 Å². The van der Waals surface area contributed by atoms with Gasteiger partial charge in [0.1, 0.15) is 5.58 Å². The standard InChI is InChI=1S/C25H28N.C21H13N2O.Ir/c1-17-7-10-22(24-13-18(2)19(3)16-26-24)14-23(17)21-11-8-20(9-12-21)15-25(4,5)6;1-13-8-9-17-19(23-13)11-10-15-14-5-4-6-16(20(14)24-21(15)17)18-7-2-3-12-22-18;/h7-9,11-14,16H,15H2,1-6H3;2-5,7-12H,1H3;/q2*-1;. The molecule has 0 fully saturated rings. The van der Waals surface area contributed by atoms with E-state index in [4.69, 9.17) is 4.42 Å². The summed E-state index contributed by atoms with van der Waals surface area (Å²) in [7, 11) is 0. The number of nitrogens with zero attached hydrogens (tertiary/aromatic N) is 3. The summed E-state index contributed by atoms with van der Waals surface area (Å²) in [5.74, 6) is 0. The summed E-state index contributed by atoms with van der Waals surface area (Å²) < 4.78 is 6.28. The predicted molar refractivity (Wildman–Crippen MR) is 207 cm³/mol. The molecule has 4 aromatic heterocycles. The van der Waals surface area contributed by atoms with Gasteiger partial charge in [-0.2, -0.15) is 0 Å². The van der Waals surface area contributed by atoms with Crippen LogP contribution < -0.4 is 0 Å². The number of aryl methyl sites for hydroxylation is 4. The van der Waals surface area contributed by atoms with Crippen LogP contribution in [0.25, 0.3) is 66.5 Å². The maximum atomic E-state index is 6.28. The van der Waals surface area contributed by atoms with E-state index in [0.717, 1.165) is 67.5 Å². The first-order valence-electron chi connectivity index (χ1n) is 17.1. The molecule has 4 aromatic carbocycles. The molecule has 1 radical (unpaired) electrons. The molecule has 0 N–H and O–H groups in total. The minimum atomic E-state index is 0. The number of aromatic nitrogens is 3. The van der Waals surface area contributed by atoms with Gasteiger partial charge in [0.2, 0.25) is 0 Å². The van der Waals surface area contributed by atoms with Crippen molar-refractivity contribution in [2.45, 2.75) is 54.9 Å². The van der Waals surface area contributed by atoms with Gasteiger partial charge in [-0.25, -0.2) is 0 Å². The van der Waals surface area contributed by atoms with Gasteiger partial charge in [-0.3, -0.25) is 4.98 Å². The topological polar surface area (TPSA) is 51.8 Å². The Balaban J connectivity index is 0.000000173. The first-order chi connectivity index (χ1) is 24.0. The molecule has 0 saturated heterocycles. The van der Waals surface area contributed by atoms with Gasteiger partial charge < -0.3 is 14.4 Å². The second-order valence-corrected chi connectivity index (χ2v) is 14.4. The number of benzene rings is 4. The molecule has 0 saturated carbocycles. The Morgan fingerprint density at radius 2 is 1.45 bits per heavy atom. The zero-order chi connectivity index (χ0) is 35.0. The van der Waals surface area contributed by atoms with Crippen molar-refractivity contribution < 1.29 is 24.5 Å². The van der Waals surface area contributed by atoms with Gasteiger partial charge in [0.05, 0.1) is 11.1 Å². The van der Waals surface area contributed by atoms with Crippen LogP contribution in [0.4, 0.5) is 0 Å². The molecule has 0 aliphatic carbocycles. The minimum Gasteiger partial charge on any atom is -0.500 e. The molecule has 5 heteroatoms. The molecule has 51 heavy (non-hydrogen) atoms. The normalized spacial score (nSPS) is 11.4. The third kappa shape index (κ3) is 7.71. The first kappa shape index (κ1) is 35.9. The maximum Gasteiger partial charge on any atom is 0.130 e. The summed E-state index contributed by atoms with van der Waals surface area (Å²) in [4.78, 5) is 13.6. The fraction of sp³-hybridized carbons (Fsp3) is 0.196. The molecule has 8 aromatic rings. The number of rotatable bonds is 4. The monoisotopic (exact) mass is 844 g/mol. The van der Waals surface area contributed by atoms with Crippen LogP contribution in [0.5, 0.6) is 0 Å². The van der Waals surface area contributed by atoms with Crippen molar-refractivity contribution in [3.63, 3.8) is 0 Å². The summed E-state index contributed by atoms with van der Waals surface area (Å²) >= 11 is 0. The van der Waals surface area contributed by atoms with Gasteiger partial charge in [0, 0.05) is 49.0 Å². The van der Waals surface area contributed by atoms with Gasteiger partial charge in [-0.15, -0.1) is 47.5 Å². The average Bonchev–Trinajstić information content (AvgIpc) is 3.49. The zero-order valence-corrected chi connectivity index (χ0v) is 32.6. The summed E-state index contributed by atoms with van der Waals surface area (Å²) in [5, 5.41) is 3.20. The van der Waals surface area contributed by atoms with Crippen molar-refractivity contribution in [2.24, 2.45) is 5.41 Å². The molecule has 0 spiro atoms. The zero-order valence-electron chi connectivity index (χ0n) is 30.2. The van der Waals surface area contributed by atoms with Crippen LogP contribution >= 0.6 is 0 Å².